The van der Waals surface area contributed by atoms with Gasteiger partial charge in [-0.3, -0.25) is 14.2 Å². The first-order chi connectivity index (χ1) is 14.6. The second-order valence-corrected chi connectivity index (χ2v) is 7.82. The standard InChI is InChI=1S/C23H21N3O3S/c1-16(20-12-7-13-29-20)24-21(27)15-30-23-25-19-11-6-5-10-18(19)22(28)26(23)14-17-8-3-2-4-9-17/h2-13,16H,14-15H2,1H3,(H,24,27)/t16-/m1/s1. The monoisotopic (exact) mass is 419 g/mol. The van der Waals surface area contributed by atoms with Gasteiger partial charge >= 0.3 is 0 Å². The number of thioether (sulfide) groups is 1. The maximum Gasteiger partial charge on any atom is 0.262 e. The van der Waals surface area contributed by atoms with Crippen LogP contribution in [0.25, 0.3) is 10.9 Å². The molecule has 0 bridgehead atoms. The Bertz CT molecular complexity index is 1200. The fourth-order valence-corrected chi connectivity index (χ4v) is 4.00. The van der Waals surface area contributed by atoms with Crippen LogP contribution in [0.2, 0.25) is 0 Å². The van der Waals surface area contributed by atoms with Gasteiger partial charge in [-0.2, -0.15) is 0 Å². The van der Waals surface area contributed by atoms with Gasteiger partial charge < -0.3 is 9.73 Å². The fourth-order valence-electron chi connectivity index (χ4n) is 3.19. The Labute approximate surface area is 177 Å². The minimum absolute atomic E-state index is 0.115. The molecule has 0 radical (unpaired) electrons. The van der Waals surface area contributed by atoms with Crippen LogP contribution in [-0.2, 0) is 11.3 Å². The van der Waals surface area contributed by atoms with Gasteiger partial charge in [-0.15, -0.1) is 0 Å². The first kappa shape index (κ1) is 20.0. The average molecular weight is 420 g/mol. The van der Waals surface area contributed by atoms with Gasteiger partial charge in [0.1, 0.15) is 5.76 Å². The van der Waals surface area contributed by atoms with Crippen molar-refractivity contribution in [1.82, 2.24) is 14.9 Å². The average Bonchev–Trinajstić information content (AvgIpc) is 3.30. The van der Waals surface area contributed by atoms with E-state index in [1.807, 2.05) is 61.5 Å². The summed E-state index contributed by atoms with van der Waals surface area (Å²) in [4.78, 5) is 30.2. The number of nitrogens with one attached hydrogen (secondary N) is 1. The molecule has 152 valence electrons. The number of aromatic nitrogens is 2. The maximum absolute atomic E-state index is 13.1. The second-order valence-electron chi connectivity index (χ2n) is 6.88. The molecule has 7 heteroatoms. The Kier molecular flexibility index (Phi) is 5.99. The van der Waals surface area contributed by atoms with Gasteiger partial charge in [0.2, 0.25) is 5.91 Å². The van der Waals surface area contributed by atoms with Gasteiger partial charge in [-0.25, -0.2) is 4.98 Å². The molecule has 2 aromatic carbocycles. The highest BCUT2D eigenvalue weighted by molar-refractivity contribution is 7.99. The van der Waals surface area contributed by atoms with Crippen LogP contribution in [0.1, 0.15) is 24.3 Å². The molecule has 0 aliphatic carbocycles. The summed E-state index contributed by atoms with van der Waals surface area (Å²) in [6.07, 6.45) is 1.58. The third-order valence-electron chi connectivity index (χ3n) is 4.69. The Morgan fingerprint density at radius 2 is 1.87 bits per heavy atom. The van der Waals surface area contributed by atoms with Crippen molar-refractivity contribution >= 4 is 28.6 Å². The highest BCUT2D eigenvalue weighted by atomic mass is 32.2. The van der Waals surface area contributed by atoms with Crippen LogP contribution in [0.15, 0.2) is 87.4 Å². The van der Waals surface area contributed by atoms with E-state index in [1.54, 1.807) is 23.0 Å². The summed E-state index contributed by atoms with van der Waals surface area (Å²) in [7, 11) is 0. The minimum Gasteiger partial charge on any atom is -0.467 e. The Morgan fingerprint density at radius 1 is 1.10 bits per heavy atom. The normalized spacial score (nSPS) is 12.0. The predicted molar refractivity (Wildman–Crippen MR) is 118 cm³/mol. The van der Waals surface area contributed by atoms with Crippen LogP contribution in [0.4, 0.5) is 0 Å². The molecular formula is C23H21N3O3S. The number of furan rings is 1. The number of para-hydroxylation sites is 1. The summed E-state index contributed by atoms with van der Waals surface area (Å²) in [5, 5.41) is 3.99. The smallest absolute Gasteiger partial charge is 0.262 e. The summed E-state index contributed by atoms with van der Waals surface area (Å²) in [6, 6.07) is 20.4. The summed E-state index contributed by atoms with van der Waals surface area (Å²) in [6.45, 7) is 2.26. The summed E-state index contributed by atoms with van der Waals surface area (Å²) in [5.74, 6) is 0.681. The van der Waals surface area contributed by atoms with Crippen molar-refractivity contribution in [2.45, 2.75) is 24.7 Å². The Morgan fingerprint density at radius 3 is 2.63 bits per heavy atom. The van der Waals surface area contributed by atoms with Crippen LogP contribution >= 0.6 is 11.8 Å². The molecule has 0 aliphatic rings. The molecule has 0 aliphatic heterocycles. The van der Waals surface area contributed by atoms with E-state index in [2.05, 4.69) is 10.3 Å². The van der Waals surface area contributed by atoms with Crippen molar-refractivity contribution in [2.75, 3.05) is 5.75 Å². The molecule has 6 nitrogen and oxygen atoms in total. The lowest BCUT2D eigenvalue weighted by molar-refractivity contribution is -0.119. The third-order valence-corrected chi connectivity index (χ3v) is 5.67. The molecule has 0 unspecified atom stereocenters. The molecule has 0 spiro atoms. The Hall–Kier alpha value is -3.32. The number of carbonyl (C=O) groups excluding carboxylic acids is 1. The van der Waals surface area contributed by atoms with E-state index >= 15 is 0 Å². The number of carbonyl (C=O) groups is 1. The van der Waals surface area contributed by atoms with Gasteiger partial charge in [0.25, 0.3) is 5.56 Å². The fraction of sp³-hybridized carbons (Fsp3) is 0.174. The molecule has 30 heavy (non-hydrogen) atoms. The molecule has 1 amide bonds. The first-order valence-corrected chi connectivity index (χ1v) is 10.6. The zero-order valence-electron chi connectivity index (χ0n) is 16.4. The lowest BCUT2D eigenvalue weighted by Crippen LogP contribution is -2.29. The van der Waals surface area contributed by atoms with Gasteiger partial charge in [0.15, 0.2) is 5.16 Å². The summed E-state index contributed by atoms with van der Waals surface area (Å²) < 4.78 is 6.96. The number of hydrogen-bond donors (Lipinski definition) is 1. The van der Waals surface area contributed by atoms with Crippen molar-refractivity contribution in [3.8, 4) is 0 Å². The van der Waals surface area contributed by atoms with Crippen molar-refractivity contribution in [1.29, 1.82) is 0 Å². The topological polar surface area (TPSA) is 77.1 Å². The molecule has 2 heterocycles. The number of nitrogens with zero attached hydrogens (tertiary/aromatic N) is 2. The lowest BCUT2D eigenvalue weighted by atomic mass is 10.2. The van der Waals surface area contributed by atoms with Gasteiger partial charge in [-0.1, -0.05) is 54.2 Å². The molecule has 1 N–H and O–H groups in total. The predicted octanol–water partition coefficient (Wildman–Crippen LogP) is 4.01. The largest absolute Gasteiger partial charge is 0.467 e. The van der Waals surface area contributed by atoms with Crippen molar-refractivity contribution in [3.05, 3.63) is 94.7 Å². The molecule has 4 rings (SSSR count). The summed E-state index contributed by atoms with van der Waals surface area (Å²) >= 11 is 1.25. The number of rotatable bonds is 7. The Balaban J connectivity index is 1.58. The van der Waals surface area contributed by atoms with Crippen LogP contribution in [0, 0.1) is 0 Å². The number of benzene rings is 2. The van der Waals surface area contributed by atoms with Crippen LogP contribution in [0.3, 0.4) is 0 Å². The number of hydrogen-bond acceptors (Lipinski definition) is 5. The van der Waals surface area contributed by atoms with Gasteiger partial charge in [0, 0.05) is 0 Å². The van der Waals surface area contributed by atoms with Gasteiger partial charge in [-0.05, 0) is 36.8 Å². The van der Waals surface area contributed by atoms with E-state index in [-0.39, 0.29) is 23.3 Å². The van der Waals surface area contributed by atoms with Crippen molar-refractivity contribution in [3.63, 3.8) is 0 Å². The summed E-state index contributed by atoms with van der Waals surface area (Å²) in [5.41, 5.74) is 1.50. The number of amides is 1. The van der Waals surface area contributed by atoms with Crippen LogP contribution in [0.5, 0.6) is 0 Å². The molecule has 2 aromatic heterocycles. The SMILES string of the molecule is C[C@@H](NC(=O)CSc1nc2ccccc2c(=O)n1Cc1ccccc1)c1ccco1. The molecule has 0 saturated carbocycles. The molecule has 0 fully saturated rings. The maximum atomic E-state index is 13.1. The van der Waals surface area contributed by atoms with E-state index in [1.165, 1.54) is 11.8 Å². The molecule has 0 saturated heterocycles. The van der Waals surface area contributed by atoms with E-state index in [0.29, 0.717) is 28.4 Å². The second kappa shape index (κ2) is 9.00. The zero-order valence-corrected chi connectivity index (χ0v) is 17.3. The molecular weight excluding hydrogens is 398 g/mol. The zero-order chi connectivity index (χ0) is 20.9. The molecule has 1 atom stereocenters. The van der Waals surface area contributed by atoms with E-state index < -0.39 is 0 Å². The van der Waals surface area contributed by atoms with E-state index in [0.717, 1.165) is 5.56 Å². The molecule has 4 aromatic rings. The van der Waals surface area contributed by atoms with Gasteiger partial charge in [0.05, 0.1) is 35.5 Å². The minimum atomic E-state index is -0.232. The van der Waals surface area contributed by atoms with Crippen molar-refractivity contribution < 1.29 is 9.21 Å². The lowest BCUT2D eigenvalue weighted by Gasteiger charge is -2.14. The number of fused-ring (bicyclic) bond motifs is 1. The van der Waals surface area contributed by atoms with Crippen molar-refractivity contribution in [2.24, 2.45) is 0 Å². The highest BCUT2D eigenvalue weighted by Gasteiger charge is 2.16. The quantitative estimate of drug-likeness (QED) is 0.362. The third kappa shape index (κ3) is 4.46. The van der Waals surface area contributed by atoms with Crippen LogP contribution in [-0.4, -0.2) is 21.2 Å². The van der Waals surface area contributed by atoms with E-state index in [4.69, 9.17) is 4.42 Å². The van der Waals surface area contributed by atoms with Crippen LogP contribution < -0.4 is 10.9 Å². The van der Waals surface area contributed by atoms with E-state index in [9.17, 15) is 9.59 Å². The first-order valence-electron chi connectivity index (χ1n) is 9.61. The highest BCUT2D eigenvalue weighted by Crippen LogP contribution is 2.20.